The third-order valence-electron chi connectivity index (χ3n) is 13.8. The summed E-state index contributed by atoms with van der Waals surface area (Å²) in [5, 5.41) is 0. The molecule has 1 unspecified atom stereocenters. The van der Waals surface area contributed by atoms with Crippen LogP contribution in [0.25, 0.3) is 0 Å². The van der Waals surface area contributed by atoms with E-state index >= 15 is 0 Å². The van der Waals surface area contributed by atoms with Gasteiger partial charge in [-0.1, -0.05) is 291 Å². The zero-order valence-electron chi connectivity index (χ0n) is 50.4. The van der Waals surface area contributed by atoms with Gasteiger partial charge in [0.2, 0.25) is 0 Å². The first kappa shape index (κ1) is 73.1. The molecular weight excluding hydrogens is 949 g/mol. The van der Waals surface area contributed by atoms with Crippen molar-refractivity contribution in [2.75, 3.05) is 13.2 Å². The van der Waals surface area contributed by atoms with Gasteiger partial charge in [0.05, 0.1) is 0 Å². The molecule has 0 aromatic rings. The molecule has 0 radical (unpaired) electrons. The Labute approximate surface area is 476 Å². The van der Waals surface area contributed by atoms with Crippen LogP contribution in [0.5, 0.6) is 0 Å². The molecule has 0 aliphatic heterocycles. The number of allylic oxidation sites excluding steroid dienone is 18. The Balaban J connectivity index is 4.35. The Morgan fingerprint density at radius 1 is 0.273 bits per heavy atom. The fourth-order valence-electron chi connectivity index (χ4n) is 8.99. The minimum Gasteiger partial charge on any atom is -0.462 e. The van der Waals surface area contributed by atoms with E-state index in [4.69, 9.17) is 14.2 Å². The average molecular weight is 1070 g/mol. The number of carbonyl (C=O) groups excluding carboxylic acids is 3. The molecule has 0 aliphatic carbocycles. The summed E-state index contributed by atoms with van der Waals surface area (Å²) >= 11 is 0. The highest BCUT2D eigenvalue weighted by molar-refractivity contribution is 5.71. The van der Waals surface area contributed by atoms with E-state index in [9.17, 15) is 14.4 Å². The minimum absolute atomic E-state index is 0.0814. The SMILES string of the molecule is CC/C=C\C/C=C\C/C=C\C/C=C\C/C=C\CCCCCCCCCCCC(=O)OCC(COC(=O)CCCCCCCCCCCCCCC)OC(=O)CCCCCCCCCC/C=C\C/C=C\C/C=C\C/C=C\CC. The summed E-state index contributed by atoms with van der Waals surface area (Å²) < 4.78 is 16.9. The molecule has 0 heterocycles. The first-order valence-electron chi connectivity index (χ1n) is 32.4. The highest BCUT2D eigenvalue weighted by atomic mass is 16.6. The fourth-order valence-corrected chi connectivity index (χ4v) is 8.99. The fraction of sp³-hybridized carbons (Fsp3) is 0.704. The van der Waals surface area contributed by atoms with Crippen molar-refractivity contribution in [3.63, 3.8) is 0 Å². The van der Waals surface area contributed by atoms with Crippen LogP contribution in [0.3, 0.4) is 0 Å². The lowest BCUT2D eigenvalue weighted by molar-refractivity contribution is -0.167. The monoisotopic (exact) mass is 1070 g/mol. The first-order valence-corrected chi connectivity index (χ1v) is 32.4. The van der Waals surface area contributed by atoms with Crippen molar-refractivity contribution in [3.05, 3.63) is 109 Å². The number of carbonyl (C=O) groups is 3. The van der Waals surface area contributed by atoms with Crippen LogP contribution < -0.4 is 0 Å². The minimum atomic E-state index is -0.786. The quantitative estimate of drug-likeness (QED) is 0.0261. The summed E-state index contributed by atoms with van der Waals surface area (Å²) in [6.07, 6.45) is 88.0. The van der Waals surface area contributed by atoms with Gasteiger partial charge in [0.1, 0.15) is 13.2 Å². The average Bonchev–Trinajstić information content (AvgIpc) is 3.43. The van der Waals surface area contributed by atoms with Crippen molar-refractivity contribution >= 4 is 17.9 Å². The van der Waals surface area contributed by atoms with Gasteiger partial charge in [-0.2, -0.15) is 0 Å². The molecular formula is C71H120O6. The van der Waals surface area contributed by atoms with Crippen molar-refractivity contribution < 1.29 is 28.6 Å². The number of unbranched alkanes of at least 4 members (excludes halogenated alkanes) is 29. The van der Waals surface area contributed by atoms with Gasteiger partial charge in [0.25, 0.3) is 0 Å². The molecule has 0 rings (SSSR count). The normalized spacial score (nSPS) is 12.8. The van der Waals surface area contributed by atoms with Crippen LogP contribution in [0.1, 0.15) is 303 Å². The maximum Gasteiger partial charge on any atom is 0.306 e. The maximum atomic E-state index is 12.9. The van der Waals surface area contributed by atoms with Crippen LogP contribution >= 0.6 is 0 Å². The smallest absolute Gasteiger partial charge is 0.306 e. The third-order valence-corrected chi connectivity index (χ3v) is 13.8. The Bertz CT molecular complexity index is 1560. The Morgan fingerprint density at radius 2 is 0.506 bits per heavy atom. The number of rotatable bonds is 58. The predicted molar refractivity (Wildman–Crippen MR) is 334 cm³/mol. The molecule has 0 saturated heterocycles. The lowest BCUT2D eigenvalue weighted by atomic mass is 10.0. The second kappa shape index (κ2) is 64.6. The van der Waals surface area contributed by atoms with Crippen LogP contribution in [0, 0.1) is 0 Å². The molecule has 440 valence electrons. The van der Waals surface area contributed by atoms with Crippen molar-refractivity contribution in [1.82, 2.24) is 0 Å². The van der Waals surface area contributed by atoms with E-state index in [1.165, 1.54) is 135 Å². The Hall–Kier alpha value is -3.93. The standard InChI is InChI=1S/C71H120O6/c1-4-7-10-13-16-19-22-25-27-29-31-33-34-35-36-38-39-41-43-46-49-52-55-58-61-64-70(73)76-67-68(66-75-69(72)63-60-57-54-51-48-45-24-21-18-15-12-9-6-3)77-71(74)65-62-59-56-53-50-47-44-42-40-37-32-30-28-26-23-20-17-14-11-8-5-2/h7-8,10-11,16-17,19-20,25-28,31-33,35-37,68H,4-6,9,12-15,18,21-24,29-30,34,38-67H2,1-3H3/b10-7-,11-8-,19-16-,20-17-,27-25-,28-26-,33-31-,36-35-,37-32-. The summed E-state index contributed by atoms with van der Waals surface area (Å²) in [6.45, 7) is 6.43. The third kappa shape index (κ3) is 62.8. The second-order valence-electron chi connectivity index (χ2n) is 21.3. The van der Waals surface area contributed by atoms with Crippen LogP contribution in [-0.2, 0) is 28.6 Å². The highest BCUT2D eigenvalue weighted by Crippen LogP contribution is 2.16. The molecule has 0 saturated carbocycles. The van der Waals surface area contributed by atoms with Gasteiger partial charge >= 0.3 is 17.9 Å². The topological polar surface area (TPSA) is 78.9 Å². The number of ether oxygens (including phenoxy) is 3. The Morgan fingerprint density at radius 3 is 0.792 bits per heavy atom. The highest BCUT2D eigenvalue weighted by Gasteiger charge is 2.19. The van der Waals surface area contributed by atoms with Crippen LogP contribution in [0.2, 0.25) is 0 Å². The molecule has 0 bridgehead atoms. The molecule has 1 atom stereocenters. The first-order chi connectivity index (χ1) is 38.0. The van der Waals surface area contributed by atoms with E-state index in [0.29, 0.717) is 19.3 Å². The molecule has 0 amide bonds. The summed E-state index contributed by atoms with van der Waals surface area (Å²) in [6, 6.07) is 0. The molecule has 0 N–H and O–H groups in total. The molecule has 0 spiro atoms. The summed E-state index contributed by atoms with van der Waals surface area (Å²) in [7, 11) is 0. The number of esters is 3. The van der Waals surface area contributed by atoms with E-state index in [2.05, 4.69) is 130 Å². The van der Waals surface area contributed by atoms with E-state index in [1.807, 2.05) is 0 Å². The van der Waals surface area contributed by atoms with Crippen molar-refractivity contribution in [1.29, 1.82) is 0 Å². The van der Waals surface area contributed by atoms with Gasteiger partial charge in [-0.25, -0.2) is 0 Å². The largest absolute Gasteiger partial charge is 0.462 e. The molecule has 0 aromatic carbocycles. The molecule has 0 aliphatic rings. The predicted octanol–water partition coefficient (Wildman–Crippen LogP) is 22.2. The van der Waals surface area contributed by atoms with Gasteiger partial charge in [0, 0.05) is 19.3 Å². The van der Waals surface area contributed by atoms with Crippen molar-refractivity contribution in [3.8, 4) is 0 Å². The molecule has 0 fully saturated rings. The van der Waals surface area contributed by atoms with E-state index in [1.54, 1.807) is 0 Å². The molecule has 77 heavy (non-hydrogen) atoms. The van der Waals surface area contributed by atoms with Gasteiger partial charge < -0.3 is 14.2 Å². The summed E-state index contributed by atoms with van der Waals surface area (Å²) in [4.78, 5) is 38.3. The molecule has 6 nitrogen and oxygen atoms in total. The summed E-state index contributed by atoms with van der Waals surface area (Å²) in [5.41, 5.74) is 0. The summed E-state index contributed by atoms with van der Waals surface area (Å²) in [5.74, 6) is -0.886. The van der Waals surface area contributed by atoms with E-state index in [0.717, 1.165) is 128 Å². The zero-order chi connectivity index (χ0) is 55.7. The lowest BCUT2D eigenvalue weighted by Gasteiger charge is -2.18. The van der Waals surface area contributed by atoms with Crippen molar-refractivity contribution in [2.24, 2.45) is 0 Å². The van der Waals surface area contributed by atoms with Gasteiger partial charge in [-0.3, -0.25) is 14.4 Å². The zero-order valence-corrected chi connectivity index (χ0v) is 50.4. The van der Waals surface area contributed by atoms with Gasteiger partial charge in [-0.05, 0) is 103 Å². The van der Waals surface area contributed by atoms with Crippen molar-refractivity contribution in [2.45, 2.75) is 309 Å². The lowest BCUT2D eigenvalue weighted by Crippen LogP contribution is -2.30. The number of hydrogen-bond acceptors (Lipinski definition) is 6. The van der Waals surface area contributed by atoms with Crippen LogP contribution in [0.4, 0.5) is 0 Å². The number of hydrogen-bond donors (Lipinski definition) is 0. The van der Waals surface area contributed by atoms with E-state index in [-0.39, 0.29) is 31.1 Å². The van der Waals surface area contributed by atoms with Gasteiger partial charge in [-0.15, -0.1) is 0 Å². The van der Waals surface area contributed by atoms with E-state index < -0.39 is 6.10 Å². The second-order valence-corrected chi connectivity index (χ2v) is 21.3. The Kier molecular flexibility index (Phi) is 61.3. The van der Waals surface area contributed by atoms with Crippen LogP contribution in [-0.4, -0.2) is 37.2 Å². The molecule has 0 aromatic heterocycles. The van der Waals surface area contributed by atoms with Crippen LogP contribution in [0.15, 0.2) is 109 Å². The maximum absolute atomic E-state index is 12.9. The molecule has 6 heteroatoms. The van der Waals surface area contributed by atoms with Gasteiger partial charge in [0.15, 0.2) is 6.10 Å².